The highest BCUT2D eigenvalue weighted by Crippen LogP contribution is 2.26. The lowest BCUT2D eigenvalue weighted by molar-refractivity contribution is 0.479. The van der Waals surface area contributed by atoms with Gasteiger partial charge in [-0.2, -0.15) is 5.10 Å². The van der Waals surface area contributed by atoms with Crippen LogP contribution in [0.15, 0.2) is 30.6 Å². The van der Waals surface area contributed by atoms with E-state index in [9.17, 15) is 0 Å². The highest BCUT2D eigenvalue weighted by Gasteiger charge is 2.09. The number of ether oxygens (including phenoxy) is 1. The number of aromatic nitrogens is 2. The van der Waals surface area contributed by atoms with E-state index >= 15 is 0 Å². The molecule has 0 saturated heterocycles. The quantitative estimate of drug-likeness (QED) is 0.852. The number of aryl methyl sites for hydroxylation is 2. The largest absolute Gasteiger partial charge is 0.453 e. The molecule has 1 aromatic heterocycles. The minimum Gasteiger partial charge on any atom is -0.453 e. The van der Waals surface area contributed by atoms with Gasteiger partial charge in [-0.15, -0.1) is 0 Å². The van der Waals surface area contributed by atoms with Gasteiger partial charge in [-0.05, 0) is 25.5 Å². The standard InChI is InChI=1S/C14H17N3OS/c1-3-6-17-9-11(8-16-17)18-13-5-4-10(2)7-12(13)14(15)19/h4-5,7-9H,3,6H2,1-2H3,(H2,15,19). The van der Waals surface area contributed by atoms with Crippen LogP contribution in [0.5, 0.6) is 11.5 Å². The fraction of sp³-hybridized carbons (Fsp3) is 0.286. The SMILES string of the molecule is CCCn1cc(Oc2ccc(C)cc2C(N)=S)cn1. The molecule has 0 unspecified atom stereocenters. The molecule has 0 amide bonds. The summed E-state index contributed by atoms with van der Waals surface area (Å²) in [5, 5.41) is 4.22. The van der Waals surface area contributed by atoms with E-state index in [4.69, 9.17) is 22.7 Å². The first-order valence-corrected chi connectivity index (χ1v) is 6.61. The lowest BCUT2D eigenvalue weighted by Crippen LogP contribution is -2.11. The number of nitrogens with two attached hydrogens (primary N) is 1. The molecule has 2 aromatic rings. The third-order valence-electron chi connectivity index (χ3n) is 2.69. The van der Waals surface area contributed by atoms with Crippen LogP contribution < -0.4 is 10.5 Å². The van der Waals surface area contributed by atoms with Gasteiger partial charge in [-0.3, -0.25) is 4.68 Å². The van der Waals surface area contributed by atoms with Crippen molar-refractivity contribution in [3.05, 3.63) is 41.7 Å². The third kappa shape index (κ3) is 3.32. The van der Waals surface area contributed by atoms with Gasteiger partial charge in [-0.1, -0.05) is 30.8 Å². The molecule has 100 valence electrons. The van der Waals surface area contributed by atoms with Crippen LogP contribution >= 0.6 is 12.2 Å². The van der Waals surface area contributed by atoms with Crippen molar-refractivity contribution in [1.82, 2.24) is 9.78 Å². The van der Waals surface area contributed by atoms with Gasteiger partial charge in [0.1, 0.15) is 10.7 Å². The van der Waals surface area contributed by atoms with E-state index in [1.54, 1.807) is 6.20 Å². The highest BCUT2D eigenvalue weighted by atomic mass is 32.1. The van der Waals surface area contributed by atoms with E-state index in [0.717, 1.165) is 24.1 Å². The predicted octanol–water partition coefficient (Wildman–Crippen LogP) is 3.03. The second kappa shape index (κ2) is 5.84. The van der Waals surface area contributed by atoms with Crippen LogP contribution in [0.4, 0.5) is 0 Å². The Kier molecular flexibility index (Phi) is 4.16. The minimum absolute atomic E-state index is 0.333. The molecule has 0 atom stereocenters. The zero-order valence-electron chi connectivity index (χ0n) is 11.1. The molecule has 0 saturated carbocycles. The molecule has 0 aliphatic carbocycles. The first-order chi connectivity index (χ1) is 9.10. The molecule has 4 nitrogen and oxygen atoms in total. The van der Waals surface area contributed by atoms with E-state index in [2.05, 4.69) is 12.0 Å². The lowest BCUT2D eigenvalue weighted by Gasteiger charge is -2.09. The average Bonchev–Trinajstić information content (AvgIpc) is 2.79. The van der Waals surface area contributed by atoms with Gasteiger partial charge in [0.25, 0.3) is 0 Å². The summed E-state index contributed by atoms with van der Waals surface area (Å²) in [5.74, 6) is 1.35. The number of nitrogens with zero attached hydrogens (tertiary/aromatic N) is 2. The van der Waals surface area contributed by atoms with Crippen LogP contribution in [0.3, 0.4) is 0 Å². The Morgan fingerprint density at radius 3 is 2.95 bits per heavy atom. The first-order valence-electron chi connectivity index (χ1n) is 6.21. The minimum atomic E-state index is 0.333. The normalized spacial score (nSPS) is 10.4. The van der Waals surface area contributed by atoms with Crippen molar-refractivity contribution in [2.75, 3.05) is 0 Å². The van der Waals surface area contributed by atoms with Crippen molar-refractivity contribution in [2.45, 2.75) is 26.8 Å². The van der Waals surface area contributed by atoms with Gasteiger partial charge >= 0.3 is 0 Å². The Balaban J connectivity index is 2.24. The summed E-state index contributed by atoms with van der Waals surface area (Å²) in [6, 6.07) is 5.77. The van der Waals surface area contributed by atoms with Crippen LogP contribution in [0, 0.1) is 6.92 Å². The summed E-state index contributed by atoms with van der Waals surface area (Å²) in [7, 11) is 0. The third-order valence-corrected chi connectivity index (χ3v) is 2.91. The fourth-order valence-electron chi connectivity index (χ4n) is 1.80. The molecular weight excluding hydrogens is 258 g/mol. The number of rotatable bonds is 5. The van der Waals surface area contributed by atoms with Crippen molar-refractivity contribution in [1.29, 1.82) is 0 Å². The summed E-state index contributed by atoms with van der Waals surface area (Å²) < 4.78 is 7.65. The van der Waals surface area contributed by atoms with Crippen LogP contribution in [0.1, 0.15) is 24.5 Å². The number of benzene rings is 1. The maximum absolute atomic E-state index is 5.80. The van der Waals surface area contributed by atoms with Gasteiger partial charge in [-0.25, -0.2) is 0 Å². The smallest absolute Gasteiger partial charge is 0.165 e. The van der Waals surface area contributed by atoms with Gasteiger partial charge in [0, 0.05) is 6.54 Å². The van der Waals surface area contributed by atoms with E-state index in [1.165, 1.54) is 0 Å². The first kappa shape index (κ1) is 13.5. The molecule has 5 heteroatoms. The second-order valence-corrected chi connectivity index (χ2v) is 4.84. The Labute approximate surface area is 118 Å². The molecule has 19 heavy (non-hydrogen) atoms. The van der Waals surface area contributed by atoms with Crippen molar-refractivity contribution in [2.24, 2.45) is 5.73 Å². The second-order valence-electron chi connectivity index (χ2n) is 4.41. The summed E-state index contributed by atoms with van der Waals surface area (Å²) >= 11 is 5.05. The number of thiocarbonyl (C=S) groups is 1. The molecule has 0 aliphatic rings. The lowest BCUT2D eigenvalue weighted by atomic mass is 10.1. The zero-order chi connectivity index (χ0) is 13.8. The molecule has 2 rings (SSSR count). The van der Waals surface area contributed by atoms with E-state index < -0.39 is 0 Å². The topological polar surface area (TPSA) is 53.1 Å². The molecule has 0 aliphatic heterocycles. The van der Waals surface area contributed by atoms with Crippen molar-refractivity contribution in [3.8, 4) is 11.5 Å². The Bertz CT molecular complexity index is 592. The number of hydrogen-bond donors (Lipinski definition) is 1. The summed E-state index contributed by atoms with van der Waals surface area (Å²) in [6.07, 6.45) is 4.59. The van der Waals surface area contributed by atoms with E-state index in [1.807, 2.05) is 36.0 Å². The van der Waals surface area contributed by atoms with Crippen LogP contribution in [0.2, 0.25) is 0 Å². The van der Waals surface area contributed by atoms with Gasteiger partial charge in [0.05, 0.1) is 18.0 Å². The van der Waals surface area contributed by atoms with Crippen LogP contribution in [-0.2, 0) is 6.54 Å². The van der Waals surface area contributed by atoms with E-state index in [0.29, 0.717) is 16.5 Å². The molecule has 0 fully saturated rings. The Hall–Kier alpha value is -1.88. The van der Waals surface area contributed by atoms with Crippen molar-refractivity contribution < 1.29 is 4.74 Å². The van der Waals surface area contributed by atoms with Crippen molar-refractivity contribution >= 4 is 17.2 Å². The molecule has 1 aromatic carbocycles. The monoisotopic (exact) mass is 275 g/mol. The number of hydrogen-bond acceptors (Lipinski definition) is 3. The van der Waals surface area contributed by atoms with Crippen LogP contribution in [-0.4, -0.2) is 14.8 Å². The van der Waals surface area contributed by atoms with Crippen LogP contribution in [0.25, 0.3) is 0 Å². The molecule has 2 N–H and O–H groups in total. The van der Waals surface area contributed by atoms with Crippen molar-refractivity contribution in [3.63, 3.8) is 0 Å². The molecule has 1 heterocycles. The Morgan fingerprint density at radius 2 is 2.26 bits per heavy atom. The van der Waals surface area contributed by atoms with Gasteiger partial charge in [0.2, 0.25) is 0 Å². The highest BCUT2D eigenvalue weighted by molar-refractivity contribution is 7.80. The summed E-state index contributed by atoms with van der Waals surface area (Å²) in [4.78, 5) is 0.333. The molecule has 0 bridgehead atoms. The maximum Gasteiger partial charge on any atom is 0.165 e. The zero-order valence-corrected chi connectivity index (χ0v) is 11.9. The summed E-state index contributed by atoms with van der Waals surface area (Å²) in [5.41, 5.74) is 7.56. The fourth-order valence-corrected chi connectivity index (χ4v) is 1.96. The average molecular weight is 275 g/mol. The van der Waals surface area contributed by atoms with Gasteiger partial charge < -0.3 is 10.5 Å². The Morgan fingerprint density at radius 1 is 1.47 bits per heavy atom. The molecule has 0 spiro atoms. The molecule has 0 radical (unpaired) electrons. The van der Waals surface area contributed by atoms with E-state index in [-0.39, 0.29) is 0 Å². The van der Waals surface area contributed by atoms with Gasteiger partial charge in [0.15, 0.2) is 5.75 Å². The summed E-state index contributed by atoms with van der Waals surface area (Å²) in [6.45, 7) is 4.97. The predicted molar refractivity (Wildman–Crippen MR) is 79.7 cm³/mol. The maximum atomic E-state index is 5.80. The molecular formula is C14H17N3OS.